The van der Waals surface area contributed by atoms with E-state index in [2.05, 4.69) is 20.1 Å². The summed E-state index contributed by atoms with van der Waals surface area (Å²) >= 11 is 0. The van der Waals surface area contributed by atoms with Gasteiger partial charge in [-0.1, -0.05) is 12.8 Å². The zero-order valence-electron chi connectivity index (χ0n) is 8.86. The van der Waals surface area contributed by atoms with Crippen LogP contribution in [0.3, 0.4) is 0 Å². The molecule has 0 aromatic heterocycles. The first-order valence-corrected chi connectivity index (χ1v) is 4.70. The van der Waals surface area contributed by atoms with Crippen LogP contribution >= 0.6 is 0 Å². The van der Waals surface area contributed by atoms with Gasteiger partial charge in [0.1, 0.15) is 13.2 Å². The van der Waals surface area contributed by atoms with Crippen molar-refractivity contribution in [2.75, 3.05) is 19.8 Å². The Morgan fingerprint density at radius 3 is 2.69 bits per heavy atom. The molecule has 0 N–H and O–H groups in total. The van der Waals surface area contributed by atoms with E-state index in [1.807, 2.05) is 0 Å². The van der Waals surface area contributed by atoms with Gasteiger partial charge < -0.3 is 18.9 Å². The number of ether oxygens (including phenoxy) is 4. The first kappa shape index (κ1) is 12.2. The van der Waals surface area contributed by atoms with Crippen LogP contribution in [-0.2, 0) is 18.9 Å². The van der Waals surface area contributed by atoms with Crippen LogP contribution in [0.1, 0.15) is 13.3 Å². The van der Waals surface area contributed by atoms with E-state index >= 15 is 0 Å². The third-order valence-corrected chi connectivity index (χ3v) is 2.12. The summed E-state index contributed by atoms with van der Waals surface area (Å²) in [5, 5.41) is 0. The molecule has 0 aliphatic carbocycles. The van der Waals surface area contributed by atoms with Crippen molar-refractivity contribution < 1.29 is 28.5 Å². The molecule has 0 bridgehead atoms. The van der Waals surface area contributed by atoms with E-state index in [9.17, 15) is 9.59 Å². The van der Waals surface area contributed by atoms with Gasteiger partial charge in [0.05, 0.1) is 0 Å². The van der Waals surface area contributed by atoms with Gasteiger partial charge in [0.15, 0.2) is 12.2 Å². The minimum Gasteiger partial charge on any atom is -0.430 e. The third-order valence-electron chi connectivity index (χ3n) is 2.12. The molecule has 0 aromatic rings. The Morgan fingerprint density at radius 2 is 2.19 bits per heavy atom. The molecule has 1 aliphatic heterocycles. The number of carbonyl (C=O) groups excluding carboxylic acids is 2. The quantitative estimate of drug-likeness (QED) is 0.532. The highest BCUT2D eigenvalue weighted by atomic mass is 16.8. The fourth-order valence-corrected chi connectivity index (χ4v) is 1.11. The first-order valence-electron chi connectivity index (χ1n) is 4.70. The van der Waals surface area contributed by atoms with Gasteiger partial charge >= 0.3 is 12.3 Å². The monoisotopic (exact) mass is 228 g/mol. The number of rotatable bonds is 3. The van der Waals surface area contributed by atoms with Gasteiger partial charge in [0.2, 0.25) is 0 Å². The molecule has 0 aromatic carbocycles. The molecule has 1 rings (SSSR count). The molecule has 88 valence electrons. The maximum atomic E-state index is 11.2. The average Bonchev–Trinajstić information content (AvgIpc) is 2.30. The average molecular weight is 228 g/mol. The van der Waals surface area contributed by atoms with E-state index in [4.69, 9.17) is 11.2 Å². The summed E-state index contributed by atoms with van der Waals surface area (Å²) < 4.78 is 18.9. The lowest BCUT2D eigenvalue weighted by molar-refractivity contribution is -0.134. The molecule has 6 nitrogen and oxygen atoms in total. The van der Waals surface area contributed by atoms with Gasteiger partial charge in [0, 0.05) is 0 Å². The van der Waals surface area contributed by atoms with E-state index in [1.165, 1.54) is 0 Å². The smallest absolute Gasteiger partial charge is 0.430 e. The van der Waals surface area contributed by atoms with Crippen LogP contribution in [0.15, 0.2) is 0 Å². The summed E-state index contributed by atoms with van der Waals surface area (Å²) in [4.78, 5) is 21.9. The van der Waals surface area contributed by atoms with Crippen molar-refractivity contribution in [3.05, 3.63) is 0 Å². The van der Waals surface area contributed by atoms with Crippen molar-refractivity contribution >= 4 is 12.3 Å². The van der Waals surface area contributed by atoms with Gasteiger partial charge in [-0.2, -0.15) is 0 Å². The van der Waals surface area contributed by atoms with Crippen LogP contribution < -0.4 is 0 Å². The van der Waals surface area contributed by atoms with Crippen LogP contribution in [0.2, 0.25) is 0 Å². The summed E-state index contributed by atoms with van der Waals surface area (Å²) in [6, 6.07) is 0. The molecule has 1 saturated heterocycles. The summed E-state index contributed by atoms with van der Waals surface area (Å²) in [7, 11) is 0. The Hall–Kier alpha value is -1.90. The predicted octanol–water partition coefficient (Wildman–Crippen LogP) is 1.09. The lowest BCUT2D eigenvalue weighted by Crippen LogP contribution is -2.48. The van der Waals surface area contributed by atoms with Gasteiger partial charge in [-0.3, -0.25) is 0 Å². The van der Waals surface area contributed by atoms with Crippen LogP contribution in [-0.4, -0.2) is 37.7 Å². The van der Waals surface area contributed by atoms with E-state index < -0.39 is 17.9 Å². The second-order valence-corrected chi connectivity index (χ2v) is 3.21. The lowest BCUT2D eigenvalue weighted by Gasteiger charge is -2.33. The van der Waals surface area contributed by atoms with Gasteiger partial charge in [-0.25, -0.2) is 9.59 Å². The van der Waals surface area contributed by atoms with Crippen molar-refractivity contribution in [2.45, 2.75) is 18.9 Å². The zero-order valence-corrected chi connectivity index (χ0v) is 8.86. The fourth-order valence-electron chi connectivity index (χ4n) is 1.11. The summed E-state index contributed by atoms with van der Waals surface area (Å²) in [6.45, 7) is 1.51. The van der Waals surface area contributed by atoms with Gasteiger partial charge in [-0.15, -0.1) is 6.42 Å². The molecule has 1 fully saturated rings. The van der Waals surface area contributed by atoms with E-state index in [1.54, 1.807) is 6.92 Å². The van der Waals surface area contributed by atoms with E-state index in [-0.39, 0.29) is 19.8 Å². The maximum Gasteiger partial charge on any atom is 0.510 e. The fraction of sp³-hybridized carbons (Fsp3) is 0.600. The standard InChI is InChI=1S/C10H12O6/c1-3-5-13-9(12)16-10(4-2)6-14-8(11)15-7-10/h1H,4-7H2,2H3. The highest BCUT2D eigenvalue weighted by molar-refractivity contribution is 5.63. The summed E-state index contributed by atoms with van der Waals surface area (Å²) in [6.07, 6.45) is 3.68. The molecule has 0 unspecified atom stereocenters. The first-order chi connectivity index (χ1) is 7.62. The molecule has 6 heteroatoms. The van der Waals surface area contributed by atoms with Crippen LogP contribution in [0.4, 0.5) is 9.59 Å². The largest absolute Gasteiger partial charge is 0.510 e. The molecule has 16 heavy (non-hydrogen) atoms. The highest BCUT2D eigenvalue weighted by Crippen LogP contribution is 2.22. The highest BCUT2D eigenvalue weighted by Gasteiger charge is 2.40. The molecule has 1 aliphatic rings. The summed E-state index contributed by atoms with van der Waals surface area (Å²) in [5.41, 5.74) is -0.987. The third kappa shape index (κ3) is 3.05. The normalized spacial score (nSPS) is 17.6. The number of hydrogen-bond acceptors (Lipinski definition) is 6. The number of hydrogen-bond donors (Lipinski definition) is 0. The van der Waals surface area contributed by atoms with Crippen molar-refractivity contribution in [1.29, 1.82) is 0 Å². The molecule has 1 heterocycles. The minimum absolute atomic E-state index is 0.0481. The van der Waals surface area contributed by atoms with E-state index in [0.29, 0.717) is 6.42 Å². The second kappa shape index (κ2) is 5.26. The lowest BCUT2D eigenvalue weighted by atomic mass is 10.0. The van der Waals surface area contributed by atoms with Gasteiger partial charge in [0.25, 0.3) is 0 Å². The zero-order chi connectivity index (χ0) is 12.0. The molecular formula is C10H12O6. The van der Waals surface area contributed by atoms with Crippen LogP contribution in [0.5, 0.6) is 0 Å². The molecular weight excluding hydrogens is 216 g/mol. The second-order valence-electron chi connectivity index (χ2n) is 3.21. The Kier molecular flexibility index (Phi) is 4.00. The molecule has 0 atom stereocenters. The van der Waals surface area contributed by atoms with Gasteiger partial charge in [-0.05, 0) is 6.42 Å². The van der Waals surface area contributed by atoms with E-state index in [0.717, 1.165) is 0 Å². The SMILES string of the molecule is C#CCOC(=O)OC1(CC)COC(=O)OC1. The van der Waals surface area contributed by atoms with Crippen molar-refractivity contribution in [2.24, 2.45) is 0 Å². The topological polar surface area (TPSA) is 71.1 Å². The number of carbonyl (C=O) groups is 2. The molecule has 0 spiro atoms. The molecule has 0 saturated carbocycles. The summed E-state index contributed by atoms with van der Waals surface area (Å²) in [5.74, 6) is 2.13. The number of terminal acetylenes is 1. The Labute approximate surface area is 92.8 Å². The van der Waals surface area contributed by atoms with Crippen LogP contribution in [0, 0.1) is 12.3 Å². The minimum atomic E-state index is -0.987. The van der Waals surface area contributed by atoms with Crippen LogP contribution in [0.25, 0.3) is 0 Å². The Morgan fingerprint density at radius 1 is 1.56 bits per heavy atom. The molecule has 0 radical (unpaired) electrons. The maximum absolute atomic E-state index is 11.2. The van der Waals surface area contributed by atoms with Crippen molar-refractivity contribution in [3.8, 4) is 12.3 Å². The Bertz CT molecular complexity index is 306. The van der Waals surface area contributed by atoms with Crippen molar-refractivity contribution in [3.63, 3.8) is 0 Å². The number of cyclic esters (lactones) is 2. The Balaban J connectivity index is 2.51. The van der Waals surface area contributed by atoms with Crippen molar-refractivity contribution in [1.82, 2.24) is 0 Å². The predicted molar refractivity (Wildman–Crippen MR) is 51.6 cm³/mol. The molecule has 0 amide bonds.